The van der Waals surface area contributed by atoms with Crippen LogP contribution in [0, 0.1) is 12.8 Å². The number of H-pyrrole nitrogens is 1. The summed E-state index contributed by atoms with van der Waals surface area (Å²) in [6.45, 7) is 2.20. The zero-order valence-electron chi connectivity index (χ0n) is 9.15. The molecule has 0 saturated carbocycles. The number of rotatable bonds is 2. The van der Waals surface area contributed by atoms with Crippen LogP contribution in [0.3, 0.4) is 0 Å². The third kappa shape index (κ3) is 2.02. The minimum absolute atomic E-state index is 0.00804. The van der Waals surface area contributed by atoms with Crippen LogP contribution in [0.2, 0.25) is 0 Å². The molecule has 1 saturated heterocycles. The number of nitrogens with one attached hydrogen (secondary N) is 2. The molecule has 2 N–H and O–H groups in total. The van der Waals surface area contributed by atoms with E-state index in [0.717, 1.165) is 0 Å². The van der Waals surface area contributed by atoms with Gasteiger partial charge in [-0.15, -0.1) is 5.10 Å². The molecule has 2 rings (SSSR count). The lowest BCUT2D eigenvalue weighted by Crippen LogP contribution is -2.26. The largest absolute Gasteiger partial charge is 0.345 e. The molecule has 0 bridgehead atoms. The van der Waals surface area contributed by atoms with Crippen molar-refractivity contribution in [1.82, 2.24) is 20.1 Å². The number of aryl methyl sites for hydroxylation is 1. The van der Waals surface area contributed by atoms with E-state index in [2.05, 4.69) is 20.5 Å². The summed E-state index contributed by atoms with van der Waals surface area (Å²) in [6, 6.07) is 0. The second-order valence-corrected chi connectivity index (χ2v) is 3.91. The van der Waals surface area contributed by atoms with Gasteiger partial charge in [0.1, 0.15) is 5.82 Å². The van der Waals surface area contributed by atoms with Gasteiger partial charge in [0.15, 0.2) is 0 Å². The van der Waals surface area contributed by atoms with Gasteiger partial charge in [0.25, 0.3) is 0 Å². The Hall–Kier alpha value is -1.92. The highest BCUT2D eigenvalue weighted by atomic mass is 16.2. The molecule has 2 amide bonds. The molecule has 1 aliphatic rings. The number of likely N-dealkylation sites (tertiary alicyclic amines) is 1. The molecule has 2 heterocycles. The van der Waals surface area contributed by atoms with Crippen LogP contribution >= 0.6 is 0 Å². The van der Waals surface area contributed by atoms with Crippen molar-refractivity contribution < 1.29 is 9.59 Å². The van der Waals surface area contributed by atoms with E-state index in [-0.39, 0.29) is 30.1 Å². The molecule has 1 aromatic rings. The van der Waals surface area contributed by atoms with Crippen molar-refractivity contribution >= 4 is 17.8 Å². The predicted octanol–water partition coefficient (Wildman–Crippen LogP) is -0.470. The van der Waals surface area contributed by atoms with Crippen LogP contribution in [-0.2, 0) is 9.59 Å². The number of amides is 2. The Morgan fingerprint density at radius 1 is 1.62 bits per heavy atom. The summed E-state index contributed by atoms with van der Waals surface area (Å²) >= 11 is 0. The number of aromatic amines is 1. The van der Waals surface area contributed by atoms with E-state index in [9.17, 15) is 9.59 Å². The van der Waals surface area contributed by atoms with E-state index < -0.39 is 0 Å². The van der Waals surface area contributed by atoms with Gasteiger partial charge in [-0.25, -0.2) is 0 Å². The first kappa shape index (κ1) is 10.6. The fourth-order valence-corrected chi connectivity index (χ4v) is 1.65. The maximum absolute atomic E-state index is 11.7. The number of carbonyl (C=O) groups is 2. The van der Waals surface area contributed by atoms with Gasteiger partial charge in [-0.1, -0.05) is 0 Å². The first-order chi connectivity index (χ1) is 7.56. The number of hydrogen-bond acceptors (Lipinski definition) is 4. The molecule has 7 nitrogen and oxygen atoms in total. The molecule has 0 aromatic carbocycles. The van der Waals surface area contributed by atoms with Crippen LogP contribution in [0.4, 0.5) is 5.95 Å². The molecule has 7 heteroatoms. The lowest BCUT2D eigenvalue weighted by atomic mass is 10.1. The predicted molar refractivity (Wildman–Crippen MR) is 55.5 cm³/mol. The van der Waals surface area contributed by atoms with Crippen LogP contribution in [0.25, 0.3) is 0 Å². The molecule has 0 radical (unpaired) electrons. The molecule has 1 atom stereocenters. The number of hydrogen-bond donors (Lipinski definition) is 2. The van der Waals surface area contributed by atoms with E-state index >= 15 is 0 Å². The zero-order valence-corrected chi connectivity index (χ0v) is 9.15. The zero-order chi connectivity index (χ0) is 11.7. The summed E-state index contributed by atoms with van der Waals surface area (Å²) in [4.78, 5) is 28.5. The summed E-state index contributed by atoms with van der Waals surface area (Å²) in [6.07, 6.45) is 0.256. The monoisotopic (exact) mass is 223 g/mol. The quantitative estimate of drug-likeness (QED) is 0.709. The normalized spacial score (nSPS) is 20.2. The maximum Gasteiger partial charge on any atom is 0.248 e. The van der Waals surface area contributed by atoms with Crippen LogP contribution in [0.15, 0.2) is 0 Å². The Morgan fingerprint density at radius 2 is 2.38 bits per heavy atom. The van der Waals surface area contributed by atoms with Crippen LogP contribution < -0.4 is 5.32 Å². The van der Waals surface area contributed by atoms with Gasteiger partial charge in [-0.05, 0) is 6.92 Å². The molecule has 16 heavy (non-hydrogen) atoms. The van der Waals surface area contributed by atoms with Crippen molar-refractivity contribution in [1.29, 1.82) is 0 Å². The SMILES string of the molecule is Cc1nc(NC(=O)C2CC(=O)N(C)C2)n[nH]1. The van der Waals surface area contributed by atoms with Crippen molar-refractivity contribution in [2.45, 2.75) is 13.3 Å². The maximum atomic E-state index is 11.7. The highest BCUT2D eigenvalue weighted by Crippen LogP contribution is 2.17. The van der Waals surface area contributed by atoms with Gasteiger partial charge in [-0.2, -0.15) is 4.98 Å². The van der Waals surface area contributed by atoms with E-state index in [4.69, 9.17) is 0 Å². The summed E-state index contributed by atoms with van der Waals surface area (Å²) in [5, 5.41) is 9.00. The topological polar surface area (TPSA) is 91.0 Å². The Kier molecular flexibility index (Phi) is 2.59. The summed E-state index contributed by atoms with van der Waals surface area (Å²) in [7, 11) is 1.69. The van der Waals surface area contributed by atoms with E-state index in [1.54, 1.807) is 18.9 Å². The average Bonchev–Trinajstić information content (AvgIpc) is 2.75. The second-order valence-electron chi connectivity index (χ2n) is 3.91. The third-order valence-corrected chi connectivity index (χ3v) is 2.54. The van der Waals surface area contributed by atoms with Crippen molar-refractivity contribution in [2.75, 3.05) is 18.9 Å². The molecular weight excluding hydrogens is 210 g/mol. The van der Waals surface area contributed by atoms with Crippen molar-refractivity contribution in [3.63, 3.8) is 0 Å². The summed E-state index contributed by atoms with van der Waals surface area (Å²) in [5.41, 5.74) is 0. The van der Waals surface area contributed by atoms with E-state index in [1.165, 1.54) is 0 Å². The number of nitrogens with zero attached hydrogens (tertiary/aromatic N) is 3. The minimum Gasteiger partial charge on any atom is -0.345 e. The first-order valence-electron chi connectivity index (χ1n) is 5.00. The fourth-order valence-electron chi connectivity index (χ4n) is 1.65. The summed E-state index contributed by atoms with van der Waals surface area (Å²) in [5.74, 6) is 0.360. The van der Waals surface area contributed by atoms with Gasteiger partial charge < -0.3 is 4.90 Å². The van der Waals surface area contributed by atoms with Gasteiger partial charge in [0.05, 0.1) is 5.92 Å². The molecule has 1 fully saturated rings. The Morgan fingerprint density at radius 3 is 2.88 bits per heavy atom. The molecule has 1 unspecified atom stereocenters. The average molecular weight is 223 g/mol. The van der Waals surface area contributed by atoms with Crippen molar-refractivity contribution in [3.8, 4) is 0 Å². The molecule has 0 spiro atoms. The Balaban J connectivity index is 1.97. The number of carbonyl (C=O) groups excluding carboxylic acids is 2. The molecule has 1 aromatic heterocycles. The summed E-state index contributed by atoms with van der Waals surface area (Å²) < 4.78 is 0. The van der Waals surface area contributed by atoms with E-state index in [1.807, 2.05) is 0 Å². The third-order valence-electron chi connectivity index (χ3n) is 2.54. The molecular formula is C9H13N5O2. The van der Waals surface area contributed by atoms with Gasteiger partial charge in [0.2, 0.25) is 17.8 Å². The highest BCUT2D eigenvalue weighted by Gasteiger charge is 2.32. The smallest absolute Gasteiger partial charge is 0.248 e. The minimum atomic E-state index is -0.309. The lowest BCUT2D eigenvalue weighted by Gasteiger charge is -2.08. The standard InChI is InChI=1S/C9H13N5O2/c1-5-10-9(13-12-5)11-8(16)6-3-7(15)14(2)4-6/h6H,3-4H2,1-2H3,(H2,10,11,12,13,16). The number of anilines is 1. The fraction of sp³-hybridized carbons (Fsp3) is 0.556. The van der Waals surface area contributed by atoms with Crippen LogP contribution in [0.5, 0.6) is 0 Å². The van der Waals surface area contributed by atoms with Gasteiger partial charge in [0, 0.05) is 20.0 Å². The lowest BCUT2D eigenvalue weighted by molar-refractivity contribution is -0.127. The van der Waals surface area contributed by atoms with Gasteiger partial charge >= 0.3 is 0 Å². The first-order valence-corrected chi connectivity index (χ1v) is 5.00. The number of aromatic nitrogens is 3. The van der Waals surface area contributed by atoms with Crippen molar-refractivity contribution in [3.05, 3.63) is 5.82 Å². The Bertz CT molecular complexity index is 427. The van der Waals surface area contributed by atoms with Gasteiger partial charge in [-0.3, -0.25) is 20.0 Å². The Labute approximate surface area is 92.2 Å². The van der Waals surface area contributed by atoms with E-state index in [0.29, 0.717) is 12.4 Å². The van der Waals surface area contributed by atoms with Crippen molar-refractivity contribution in [2.24, 2.45) is 5.92 Å². The van der Waals surface area contributed by atoms with Crippen LogP contribution in [0.1, 0.15) is 12.2 Å². The molecule has 0 aliphatic carbocycles. The molecule has 1 aliphatic heterocycles. The second kappa shape index (κ2) is 3.92. The van der Waals surface area contributed by atoms with Crippen LogP contribution in [-0.4, -0.2) is 45.5 Å². The highest BCUT2D eigenvalue weighted by molar-refractivity contribution is 5.96. The molecule has 86 valence electrons.